The lowest BCUT2D eigenvalue weighted by Gasteiger charge is -2.14. The highest BCUT2D eigenvalue weighted by Gasteiger charge is 2.12. The molecule has 90 valence electrons. The molecule has 4 heteroatoms. The summed E-state index contributed by atoms with van der Waals surface area (Å²) in [5.74, 6) is 2.44. The Hall–Kier alpha value is -1.22. The maximum absolute atomic E-state index is 11.9. The molecule has 0 saturated carbocycles. The van der Waals surface area contributed by atoms with Crippen LogP contribution in [0.25, 0.3) is 0 Å². The van der Waals surface area contributed by atoms with E-state index in [-0.39, 0.29) is 17.7 Å². The number of halogens is 1. The topological polar surface area (TPSA) is 49.3 Å². The minimum atomic E-state index is -0.209. The fourth-order valence-electron chi connectivity index (χ4n) is 1.36. The van der Waals surface area contributed by atoms with E-state index in [9.17, 15) is 9.90 Å². The standard InChI is InChI=1S/C13H14INO2/c1-3-5-10(4-2)15-13(17)9-6-7-11(14)12(16)8-9/h1,6-8,10,16H,4-5H2,2H3,(H,15,17). The Morgan fingerprint density at radius 2 is 2.35 bits per heavy atom. The molecule has 0 spiro atoms. The lowest BCUT2D eigenvalue weighted by atomic mass is 10.1. The number of hydrogen-bond acceptors (Lipinski definition) is 2. The lowest BCUT2D eigenvalue weighted by Crippen LogP contribution is -2.34. The van der Waals surface area contributed by atoms with Gasteiger partial charge >= 0.3 is 0 Å². The van der Waals surface area contributed by atoms with Crippen molar-refractivity contribution < 1.29 is 9.90 Å². The van der Waals surface area contributed by atoms with Crippen LogP contribution in [0.2, 0.25) is 0 Å². The van der Waals surface area contributed by atoms with Crippen molar-refractivity contribution in [3.63, 3.8) is 0 Å². The SMILES string of the molecule is C#CCC(CC)NC(=O)c1ccc(I)c(O)c1. The normalized spacial score (nSPS) is 11.6. The summed E-state index contributed by atoms with van der Waals surface area (Å²) in [7, 11) is 0. The van der Waals surface area contributed by atoms with Gasteiger partial charge in [0.25, 0.3) is 5.91 Å². The van der Waals surface area contributed by atoms with Crippen LogP contribution in [0.15, 0.2) is 18.2 Å². The van der Waals surface area contributed by atoms with Crippen molar-refractivity contribution in [2.45, 2.75) is 25.8 Å². The van der Waals surface area contributed by atoms with Gasteiger partial charge in [0.1, 0.15) is 5.75 Å². The highest BCUT2D eigenvalue weighted by molar-refractivity contribution is 14.1. The first-order valence-corrected chi connectivity index (χ1v) is 6.39. The van der Waals surface area contributed by atoms with Crippen molar-refractivity contribution in [3.8, 4) is 18.1 Å². The van der Waals surface area contributed by atoms with Crippen molar-refractivity contribution in [2.75, 3.05) is 0 Å². The average molecular weight is 343 g/mol. The zero-order chi connectivity index (χ0) is 12.8. The van der Waals surface area contributed by atoms with E-state index in [1.165, 1.54) is 6.07 Å². The summed E-state index contributed by atoms with van der Waals surface area (Å²) in [6.07, 6.45) is 6.52. The molecule has 0 fully saturated rings. The number of nitrogens with one attached hydrogen (secondary N) is 1. The van der Waals surface area contributed by atoms with Crippen LogP contribution in [0.5, 0.6) is 5.75 Å². The van der Waals surface area contributed by atoms with E-state index >= 15 is 0 Å². The van der Waals surface area contributed by atoms with Gasteiger partial charge in [0.05, 0.1) is 3.57 Å². The third-order valence-electron chi connectivity index (χ3n) is 2.40. The van der Waals surface area contributed by atoms with Crippen molar-refractivity contribution in [1.82, 2.24) is 5.32 Å². The van der Waals surface area contributed by atoms with Gasteiger partial charge in [-0.15, -0.1) is 12.3 Å². The zero-order valence-corrected chi connectivity index (χ0v) is 11.7. The van der Waals surface area contributed by atoms with Crippen LogP contribution in [-0.2, 0) is 0 Å². The number of rotatable bonds is 4. The summed E-state index contributed by atoms with van der Waals surface area (Å²) in [4.78, 5) is 11.9. The first kappa shape index (κ1) is 13.8. The molecule has 3 nitrogen and oxygen atoms in total. The van der Waals surface area contributed by atoms with E-state index in [1.54, 1.807) is 12.1 Å². The molecule has 1 unspecified atom stereocenters. The number of aromatic hydroxyl groups is 1. The molecule has 1 rings (SSSR count). The van der Waals surface area contributed by atoms with Crippen LogP contribution < -0.4 is 5.32 Å². The molecule has 0 radical (unpaired) electrons. The second-order valence-electron chi connectivity index (χ2n) is 3.65. The molecule has 1 aromatic rings. The van der Waals surface area contributed by atoms with Crippen LogP contribution in [0.1, 0.15) is 30.1 Å². The van der Waals surface area contributed by atoms with Gasteiger partial charge in [0, 0.05) is 18.0 Å². The maximum atomic E-state index is 11.9. The molecule has 17 heavy (non-hydrogen) atoms. The highest BCUT2D eigenvalue weighted by Crippen LogP contribution is 2.20. The molecule has 0 aromatic heterocycles. The number of amides is 1. The van der Waals surface area contributed by atoms with E-state index in [0.717, 1.165) is 9.99 Å². The third-order valence-corrected chi connectivity index (χ3v) is 3.31. The van der Waals surface area contributed by atoms with Gasteiger partial charge in [-0.3, -0.25) is 4.79 Å². The summed E-state index contributed by atoms with van der Waals surface area (Å²) in [5.41, 5.74) is 0.443. The van der Waals surface area contributed by atoms with Crippen molar-refractivity contribution >= 4 is 28.5 Å². The molecule has 0 aliphatic heterocycles. The smallest absolute Gasteiger partial charge is 0.251 e. The van der Waals surface area contributed by atoms with Crippen LogP contribution in [0.4, 0.5) is 0 Å². The van der Waals surface area contributed by atoms with Crippen LogP contribution in [0, 0.1) is 15.9 Å². The Morgan fingerprint density at radius 3 is 2.88 bits per heavy atom. The fraction of sp³-hybridized carbons (Fsp3) is 0.308. The minimum absolute atomic E-state index is 0.0195. The molecule has 0 saturated heterocycles. The van der Waals surface area contributed by atoms with Crippen LogP contribution >= 0.6 is 22.6 Å². The molecular formula is C13H14INO2. The first-order valence-electron chi connectivity index (χ1n) is 5.31. The Labute approximate surface area is 115 Å². The number of hydrogen-bond donors (Lipinski definition) is 2. The zero-order valence-electron chi connectivity index (χ0n) is 9.53. The van der Waals surface area contributed by atoms with E-state index < -0.39 is 0 Å². The van der Waals surface area contributed by atoms with Gasteiger partial charge in [-0.1, -0.05) is 6.92 Å². The van der Waals surface area contributed by atoms with Gasteiger partial charge in [0.2, 0.25) is 0 Å². The molecular weight excluding hydrogens is 329 g/mol. The molecule has 1 atom stereocenters. The molecule has 0 heterocycles. The summed E-state index contributed by atoms with van der Waals surface area (Å²) >= 11 is 2.00. The van der Waals surface area contributed by atoms with Crippen molar-refractivity contribution in [2.24, 2.45) is 0 Å². The largest absolute Gasteiger partial charge is 0.507 e. The molecule has 1 aromatic carbocycles. The maximum Gasteiger partial charge on any atom is 0.251 e. The quantitative estimate of drug-likeness (QED) is 0.652. The van der Waals surface area contributed by atoms with E-state index in [1.807, 2.05) is 29.5 Å². The van der Waals surface area contributed by atoms with Gasteiger partial charge in [-0.05, 0) is 47.2 Å². The number of benzene rings is 1. The summed E-state index contributed by atoms with van der Waals surface area (Å²) < 4.78 is 0.717. The van der Waals surface area contributed by atoms with Crippen molar-refractivity contribution in [3.05, 3.63) is 27.3 Å². The number of terminal acetylenes is 1. The predicted molar refractivity (Wildman–Crippen MR) is 75.8 cm³/mol. The molecule has 2 N–H and O–H groups in total. The highest BCUT2D eigenvalue weighted by atomic mass is 127. The first-order chi connectivity index (χ1) is 8.08. The predicted octanol–water partition coefficient (Wildman–Crippen LogP) is 2.53. The van der Waals surface area contributed by atoms with Gasteiger partial charge < -0.3 is 10.4 Å². The van der Waals surface area contributed by atoms with E-state index in [0.29, 0.717) is 12.0 Å². The van der Waals surface area contributed by atoms with Crippen molar-refractivity contribution in [1.29, 1.82) is 0 Å². The minimum Gasteiger partial charge on any atom is -0.507 e. The number of phenolic OH excluding ortho intramolecular Hbond substituents is 1. The molecule has 0 bridgehead atoms. The number of carbonyl (C=O) groups is 1. The molecule has 1 amide bonds. The summed E-state index contributed by atoms with van der Waals surface area (Å²) in [6, 6.07) is 4.82. The second-order valence-corrected chi connectivity index (χ2v) is 4.82. The third kappa shape index (κ3) is 3.93. The number of phenols is 1. The van der Waals surface area contributed by atoms with Gasteiger partial charge in [-0.25, -0.2) is 0 Å². The number of carbonyl (C=O) groups excluding carboxylic acids is 1. The Balaban J connectivity index is 2.76. The fourth-order valence-corrected chi connectivity index (χ4v) is 1.70. The van der Waals surface area contributed by atoms with Gasteiger partial charge in [-0.2, -0.15) is 0 Å². The summed E-state index contributed by atoms with van der Waals surface area (Å²) in [5, 5.41) is 12.4. The Bertz CT molecular complexity index is 451. The lowest BCUT2D eigenvalue weighted by molar-refractivity contribution is 0.0936. The van der Waals surface area contributed by atoms with Gasteiger partial charge in [0.15, 0.2) is 0 Å². The molecule has 0 aliphatic rings. The van der Waals surface area contributed by atoms with Crippen LogP contribution in [-0.4, -0.2) is 17.1 Å². The van der Waals surface area contributed by atoms with Crippen LogP contribution in [0.3, 0.4) is 0 Å². The summed E-state index contributed by atoms with van der Waals surface area (Å²) in [6.45, 7) is 1.97. The van der Waals surface area contributed by atoms with E-state index in [4.69, 9.17) is 6.42 Å². The monoisotopic (exact) mass is 343 g/mol. The second kappa shape index (κ2) is 6.50. The van der Waals surface area contributed by atoms with E-state index in [2.05, 4.69) is 11.2 Å². The Kier molecular flexibility index (Phi) is 5.29. The average Bonchev–Trinajstić information content (AvgIpc) is 2.31. The Morgan fingerprint density at radius 1 is 1.65 bits per heavy atom. The molecule has 0 aliphatic carbocycles.